The van der Waals surface area contributed by atoms with Crippen LogP contribution in [0.3, 0.4) is 0 Å². The number of aromatic nitrogens is 5. The minimum Gasteiger partial charge on any atom is -0.334 e. The highest BCUT2D eigenvalue weighted by atomic mass is 32.1. The molecule has 0 bridgehead atoms. The molecule has 1 aliphatic rings. The molecule has 1 amide bonds. The lowest BCUT2D eigenvalue weighted by Crippen LogP contribution is -2.51. The van der Waals surface area contributed by atoms with Crippen molar-refractivity contribution in [3.05, 3.63) is 42.2 Å². The summed E-state index contributed by atoms with van der Waals surface area (Å²) in [5, 5.41) is 10.2. The fourth-order valence-corrected chi connectivity index (χ4v) is 3.54. The van der Waals surface area contributed by atoms with E-state index in [2.05, 4.69) is 32.3 Å². The number of hydrogen-bond acceptors (Lipinski definition) is 7. The van der Waals surface area contributed by atoms with Gasteiger partial charge in [0, 0.05) is 42.8 Å². The van der Waals surface area contributed by atoms with Gasteiger partial charge in [0.15, 0.2) is 0 Å². The maximum atomic E-state index is 12.6. The van der Waals surface area contributed by atoms with E-state index in [1.807, 2.05) is 16.5 Å². The molecule has 0 aliphatic carbocycles. The third-order valence-electron chi connectivity index (χ3n) is 4.02. The summed E-state index contributed by atoms with van der Waals surface area (Å²) >= 11 is 1.45. The zero-order valence-corrected chi connectivity index (χ0v) is 14.5. The fourth-order valence-electron chi connectivity index (χ4n) is 2.77. The summed E-state index contributed by atoms with van der Waals surface area (Å²) in [6.45, 7) is 4.31. The molecular formula is C16H17N7OS. The molecule has 0 spiro atoms. The van der Waals surface area contributed by atoms with Gasteiger partial charge in [-0.25, -0.2) is 19.6 Å². The third-order valence-corrected chi connectivity index (χ3v) is 4.91. The first-order chi connectivity index (χ1) is 12.2. The quantitative estimate of drug-likeness (QED) is 0.760. The molecule has 0 saturated carbocycles. The molecule has 1 saturated heterocycles. The highest BCUT2D eigenvalue weighted by Crippen LogP contribution is 2.24. The van der Waals surface area contributed by atoms with Crippen LogP contribution in [0, 0.1) is 0 Å². The van der Waals surface area contributed by atoms with Gasteiger partial charge < -0.3 is 10.2 Å². The van der Waals surface area contributed by atoms with E-state index >= 15 is 0 Å². The second-order valence-corrected chi connectivity index (χ2v) is 6.77. The van der Waals surface area contributed by atoms with Crippen molar-refractivity contribution >= 4 is 17.2 Å². The number of piperazine rings is 1. The smallest absolute Gasteiger partial charge is 0.273 e. The molecule has 128 valence electrons. The zero-order chi connectivity index (χ0) is 17.2. The van der Waals surface area contributed by atoms with Gasteiger partial charge in [0.2, 0.25) is 0 Å². The Bertz CT molecular complexity index is 876. The molecule has 4 heterocycles. The van der Waals surface area contributed by atoms with Gasteiger partial charge in [0.1, 0.15) is 22.7 Å². The summed E-state index contributed by atoms with van der Waals surface area (Å²) in [6.07, 6.45) is 8.44. The minimum absolute atomic E-state index is 0.0142. The molecule has 8 nitrogen and oxygen atoms in total. The Labute approximate surface area is 148 Å². The molecule has 3 aromatic rings. The molecule has 9 heteroatoms. The molecular weight excluding hydrogens is 338 g/mol. The number of nitrogens with zero attached hydrogens (tertiary/aromatic N) is 6. The number of rotatable bonds is 3. The number of thiazole rings is 1. The van der Waals surface area contributed by atoms with E-state index in [0.717, 1.165) is 22.8 Å². The van der Waals surface area contributed by atoms with Gasteiger partial charge in [0.05, 0.1) is 18.6 Å². The van der Waals surface area contributed by atoms with Crippen molar-refractivity contribution in [3.63, 3.8) is 0 Å². The lowest BCUT2D eigenvalue weighted by atomic mass is 10.2. The monoisotopic (exact) mass is 355 g/mol. The molecule has 0 aromatic carbocycles. The van der Waals surface area contributed by atoms with Crippen LogP contribution in [0.15, 0.2) is 36.5 Å². The molecule has 1 N–H and O–H groups in total. The number of carbonyl (C=O) groups excluding carboxylic acids is 1. The normalized spacial score (nSPS) is 17.6. The van der Waals surface area contributed by atoms with Crippen LogP contribution in [-0.2, 0) is 0 Å². The maximum absolute atomic E-state index is 12.6. The van der Waals surface area contributed by atoms with Crippen LogP contribution in [0.1, 0.15) is 17.4 Å². The highest BCUT2D eigenvalue weighted by molar-refractivity contribution is 7.13. The molecule has 0 radical (unpaired) electrons. The van der Waals surface area contributed by atoms with Crippen molar-refractivity contribution < 1.29 is 4.79 Å². The van der Waals surface area contributed by atoms with Crippen molar-refractivity contribution in [1.29, 1.82) is 0 Å². The summed E-state index contributed by atoms with van der Waals surface area (Å²) in [5.41, 5.74) is 2.13. The Kier molecular flexibility index (Phi) is 4.24. The molecule has 1 fully saturated rings. The average molecular weight is 355 g/mol. The minimum atomic E-state index is -0.0142. The predicted octanol–water partition coefficient (Wildman–Crippen LogP) is 1.22. The van der Waals surface area contributed by atoms with E-state index < -0.39 is 0 Å². The number of amides is 1. The average Bonchev–Trinajstić information content (AvgIpc) is 3.31. The van der Waals surface area contributed by atoms with Crippen LogP contribution in [0.2, 0.25) is 0 Å². The third kappa shape index (κ3) is 3.28. The van der Waals surface area contributed by atoms with Gasteiger partial charge in [-0.1, -0.05) is 0 Å². The highest BCUT2D eigenvalue weighted by Gasteiger charge is 2.23. The second-order valence-electron chi connectivity index (χ2n) is 5.91. The fraction of sp³-hybridized carbons (Fsp3) is 0.312. The molecule has 1 atom stereocenters. The molecule has 4 rings (SSSR count). The van der Waals surface area contributed by atoms with Crippen molar-refractivity contribution in [1.82, 2.24) is 34.9 Å². The van der Waals surface area contributed by atoms with Gasteiger partial charge in [0.25, 0.3) is 5.91 Å². The van der Waals surface area contributed by atoms with Crippen LogP contribution in [0.5, 0.6) is 0 Å². The van der Waals surface area contributed by atoms with E-state index in [1.54, 1.807) is 23.3 Å². The van der Waals surface area contributed by atoms with Crippen LogP contribution in [0.4, 0.5) is 0 Å². The SMILES string of the molecule is C[C@H]1CN(C(=O)c2csc(-c3cnn(-c4cncnc4)c3)n2)CCN1. The molecule has 1 aliphatic heterocycles. The summed E-state index contributed by atoms with van der Waals surface area (Å²) in [7, 11) is 0. The number of nitrogens with one attached hydrogen (secondary N) is 1. The Balaban J connectivity index is 1.53. The predicted molar refractivity (Wildman–Crippen MR) is 93.6 cm³/mol. The number of hydrogen-bond donors (Lipinski definition) is 1. The molecule has 0 unspecified atom stereocenters. The standard InChI is InChI=1S/C16H17N7OS/c1-11-7-22(3-2-19-11)16(24)14-9-25-15(21-14)12-4-20-23(8-12)13-5-17-10-18-6-13/h4-6,8-11,19H,2-3,7H2,1H3/t11-/m0/s1. The van der Waals surface area contributed by atoms with Crippen LogP contribution < -0.4 is 5.32 Å². The van der Waals surface area contributed by atoms with Crippen LogP contribution in [-0.4, -0.2) is 61.2 Å². The van der Waals surface area contributed by atoms with Gasteiger partial charge >= 0.3 is 0 Å². The van der Waals surface area contributed by atoms with Crippen LogP contribution >= 0.6 is 11.3 Å². The summed E-state index contributed by atoms with van der Waals surface area (Å²) in [4.78, 5) is 27.0. The topological polar surface area (TPSA) is 88.8 Å². The maximum Gasteiger partial charge on any atom is 0.273 e. The summed E-state index contributed by atoms with van der Waals surface area (Å²) in [5.74, 6) is -0.0142. The van der Waals surface area contributed by atoms with Crippen molar-refractivity contribution in [3.8, 4) is 16.3 Å². The van der Waals surface area contributed by atoms with E-state index in [-0.39, 0.29) is 5.91 Å². The lowest BCUT2D eigenvalue weighted by Gasteiger charge is -2.31. The van der Waals surface area contributed by atoms with Gasteiger partial charge in [-0.15, -0.1) is 11.3 Å². The second kappa shape index (κ2) is 6.69. The summed E-state index contributed by atoms with van der Waals surface area (Å²) in [6, 6.07) is 0.308. The lowest BCUT2D eigenvalue weighted by molar-refractivity contribution is 0.0704. The first-order valence-electron chi connectivity index (χ1n) is 7.99. The summed E-state index contributed by atoms with van der Waals surface area (Å²) < 4.78 is 1.69. The van der Waals surface area contributed by atoms with Gasteiger partial charge in [-0.2, -0.15) is 5.10 Å². The van der Waals surface area contributed by atoms with E-state index in [9.17, 15) is 4.79 Å². The molecule has 25 heavy (non-hydrogen) atoms. The van der Waals surface area contributed by atoms with Gasteiger partial charge in [-0.05, 0) is 6.92 Å². The number of carbonyl (C=O) groups is 1. The van der Waals surface area contributed by atoms with E-state index in [0.29, 0.717) is 24.8 Å². The Morgan fingerprint density at radius 1 is 1.32 bits per heavy atom. The van der Waals surface area contributed by atoms with Crippen molar-refractivity contribution in [2.24, 2.45) is 0 Å². The molecule has 3 aromatic heterocycles. The van der Waals surface area contributed by atoms with Gasteiger partial charge in [-0.3, -0.25) is 4.79 Å². The first-order valence-corrected chi connectivity index (χ1v) is 8.87. The largest absolute Gasteiger partial charge is 0.334 e. The van der Waals surface area contributed by atoms with E-state index in [1.165, 1.54) is 17.7 Å². The first kappa shape index (κ1) is 15.9. The Hall–Kier alpha value is -2.65. The Morgan fingerprint density at radius 2 is 2.16 bits per heavy atom. The van der Waals surface area contributed by atoms with E-state index in [4.69, 9.17) is 0 Å². The van der Waals surface area contributed by atoms with Crippen LogP contribution in [0.25, 0.3) is 16.3 Å². The van der Waals surface area contributed by atoms with Crippen molar-refractivity contribution in [2.45, 2.75) is 13.0 Å². The Morgan fingerprint density at radius 3 is 2.96 bits per heavy atom. The van der Waals surface area contributed by atoms with Crippen molar-refractivity contribution in [2.75, 3.05) is 19.6 Å². The zero-order valence-electron chi connectivity index (χ0n) is 13.7.